The quantitative estimate of drug-likeness (QED) is 0.359. The molecule has 2 rings (SSSR count). The van der Waals surface area contributed by atoms with Gasteiger partial charge in [0.1, 0.15) is 6.29 Å². The summed E-state index contributed by atoms with van der Waals surface area (Å²) in [7, 11) is 0. The molecule has 0 aliphatic carbocycles. The second kappa shape index (κ2) is 9.09. The third kappa shape index (κ3) is 4.94. The van der Waals surface area contributed by atoms with Gasteiger partial charge in [-0.2, -0.15) is 0 Å². The highest BCUT2D eigenvalue weighted by atomic mass is 16.5. The van der Waals surface area contributed by atoms with Gasteiger partial charge >= 0.3 is 5.97 Å². The van der Waals surface area contributed by atoms with Gasteiger partial charge in [-0.1, -0.05) is 18.6 Å². The van der Waals surface area contributed by atoms with E-state index in [9.17, 15) is 9.59 Å². The van der Waals surface area contributed by atoms with Crippen molar-refractivity contribution in [1.29, 1.82) is 0 Å². The lowest BCUT2D eigenvalue weighted by Crippen LogP contribution is -2.26. The summed E-state index contributed by atoms with van der Waals surface area (Å²) in [4.78, 5) is 20.8. The number of carbonyl (C=O) groups excluding carboxylic acids is 1. The minimum Gasteiger partial charge on any atom is -0.481 e. The minimum atomic E-state index is -0.717. The molecule has 2 bridgehead atoms. The molecule has 2 aliphatic rings. The van der Waals surface area contributed by atoms with Crippen molar-refractivity contribution in [3.63, 3.8) is 0 Å². The fourth-order valence-electron chi connectivity index (χ4n) is 3.95. The predicted octanol–water partition coefficient (Wildman–Crippen LogP) is 3.74. The lowest BCUT2D eigenvalue weighted by atomic mass is 9.75. The first-order valence-corrected chi connectivity index (χ1v) is 8.68. The maximum absolute atomic E-state index is 10.5. The molecule has 4 nitrogen and oxygen atoms in total. The van der Waals surface area contributed by atoms with E-state index in [0.717, 1.165) is 32.0 Å². The van der Waals surface area contributed by atoms with E-state index in [2.05, 4.69) is 12.2 Å². The second-order valence-electron chi connectivity index (χ2n) is 6.56. The molecule has 2 aliphatic heterocycles. The number of carboxylic acid groups (broad SMARTS) is 1. The summed E-state index contributed by atoms with van der Waals surface area (Å²) in [6, 6.07) is 0. The van der Waals surface area contributed by atoms with E-state index in [4.69, 9.17) is 9.84 Å². The van der Waals surface area contributed by atoms with Crippen LogP contribution in [0.3, 0.4) is 0 Å². The Hall–Kier alpha value is -1.16. The molecule has 22 heavy (non-hydrogen) atoms. The van der Waals surface area contributed by atoms with Gasteiger partial charge in [0.2, 0.25) is 0 Å². The van der Waals surface area contributed by atoms with Crippen LogP contribution in [0.1, 0.15) is 64.2 Å². The van der Waals surface area contributed by atoms with Gasteiger partial charge in [-0.15, -0.1) is 0 Å². The van der Waals surface area contributed by atoms with Crippen molar-refractivity contribution >= 4 is 12.3 Å². The van der Waals surface area contributed by atoms with Crippen LogP contribution in [-0.2, 0) is 14.3 Å². The molecular formula is C18H28O4. The van der Waals surface area contributed by atoms with Crippen LogP contribution >= 0.6 is 0 Å². The highest BCUT2D eigenvalue weighted by Crippen LogP contribution is 2.47. The lowest BCUT2D eigenvalue weighted by Gasteiger charge is -2.27. The van der Waals surface area contributed by atoms with Gasteiger partial charge in [0.05, 0.1) is 12.2 Å². The summed E-state index contributed by atoms with van der Waals surface area (Å²) in [5.41, 5.74) is 0. The number of hydrogen-bond acceptors (Lipinski definition) is 3. The Labute approximate surface area is 132 Å². The Morgan fingerprint density at radius 3 is 2.55 bits per heavy atom. The summed E-state index contributed by atoms with van der Waals surface area (Å²) in [5, 5.41) is 8.61. The van der Waals surface area contributed by atoms with Crippen LogP contribution < -0.4 is 0 Å². The molecule has 2 saturated heterocycles. The number of aliphatic carboxylic acids is 1. The smallest absolute Gasteiger partial charge is 0.303 e. The monoisotopic (exact) mass is 308 g/mol. The van der Waals surface area contributed by atoms with Crippen molar-refractivity contribution in [3.05, 3.63) is 12.2 Å². The van der Waals surface area contributed by atoms with Crippen molar-refractivity contribution in [2.75, 3.05) is 0 Å². The molecule has 0 radical (unpaired) electrons. The molecule has 2 fully saturated rings. The second-order valence-corrected chi connectivity index (χ2v) is 6.56. The number of allylic oxidation sites excluding steroid dienone is 2. The third-order valence-corrected chi connectivity index (χ3v) is 5.04. The van der Waals surface area contributed by atoms with Crippen LogP contribution in [0.15, 0.2) is 12.2 Å². The first-order valence-electron chi connectivity index (χ1n) is 8.68. The molecule has 0 aromatic heterocycles. The first-order chi connectivity index (χ1) is 10.7. The molecule has 1 N–H and O–H groups in total. The number of ether oxygens (including phenoxy) is 1. The number of carbonyl (C=O) groups is 2. The molecule has 4 atom stereocenters. The van der Waals surface area contributed by atoms with Gasteiger partial charge < -0.3 is 14.6 Å². The van der Waals surface area contributed by atoms with Crippen LogP contribution in [-0.4, -0.2) is 29.6 Å². The molecule has 4 heteroatoms. The van der Waals surface area contributed by atoms with Crippen LogP contribution in [0.25, 0.3) is 0 Å². The standard InChI is InChI=1S/C18H28O4/c19-13-7-3-5-9-15-14(16-11-12-17(15)22-16)8-4-1-2-6-10-18(20)21/h1,4,13-17H,2-3,5-12H2,(H,20,21)/t14-,15+,16-,17+/m0/s1. The van der Waals surface area contributed by atoms with E-state index in [1.165, 1.54) is 19.3 Å². The largest absolute Gasteiger partial charge is 0.481 e. The van der Waals surface area contributed by atoms with Gasteiger partial charge in [-0.05, 0) is 56.8 Å². The Morgan fingerprint density at radius 2 is 1.82 bits per heavy atom. The molecule has 0 aromatic rings. The lowest BCUT2D eigenvalue weighted by molar-refractivity contribution is -0.137. The first kappa shape index (κ1) is 17.2. The zero-order valence-corrected chi connectivity index (χ0v) is 13.3. The van der Waals surface area contributed by atoms with Crippen LogP contribution in [0, 0.1) is 11.8 Å². The maximum Gasteiger partial charge on any atom is 0.303 e. The van der Waals surface area contributed by atoms with E-state index in [-0.39, 0.29) is 6.42 Å². The van der Waals surface area contributed by atoms with E-state index >= 15 is 0 Å². The Morgan fingerprint density at radius 1 is 1.05 bits per heavy atom. The molecule has 2 heterocycles. The fraction of sp³-hybridized carbons (Fsp3) is 0.778. The van der Waals surface area contributed by atoms with Gasteiger partial charge in [-0.25, -0.2) is 0 Å². The highest BCUT2D eigenvalue weighted by molar-refractivity contribution is 5.66. The van der Waals surface area contributed by atoms with E-state index < -0.39 is 5.97 Å². The van der Waals surface area contributed by atoms with Gasteiger partial charge in [0, 0.05) is 12.8 Å². The number of carboxylic acids is 1. The predicted molar refractivity (Wildman–Crippen MR) is 84.7 cm³/mol. The average Bonchev–Trinajstić information content (AvgIpc) is 3.08. The topological polar surface area (TPSA) is 63.6 Å². The number of hydrogen-bond donors (Lipinski definition) is 1. The molecule has 0 aromatic carbocycles. The van der Waals surface area contributed by atoms with Crippen molar-refractivity contribution in [3.8, 4) is 0 Å². The number of rotatable bonds is 11. The van der Waals surface area contributed by atoms with Gasteiger partial charge in [0.15, 0.2) is 0 Å². The zero-order valence-electron chi connectivity index (χ0n) is 13.3. The molecule has 0 unspecified atom stereocenters. The van der Waals surface area contributed by atoms with Crippen LogP contribution in [0.5, 0.6) is 0 Å². The number of aldehydes is 1. The number of fused-ring (bicyclic) bond motifs is 2. The van der Waals surface area contributed by atoms with E-state index in [1.807, 2.05) is 0 Å². The SMILES string of the molecule is O=CCCCC[C@@H]1[C@H](CC=CCCCC(=O)O)[C@@H]2CC[C@H]1O2. The van der Waals surface area contributed by atoms with Gasteiger partial charge in [0.25, 0.3) is 0 Å². The van der Waals surface area contributed by atoms with Crippen molar-refractivity contribution in [1.82, 2.24) is 0 Å². The van der Waals surface area contributed by atoms with Crippen molar-refractivity contribution in [2.24, 2.45) is 11.8 Å². The van der Waals surface area contributed by atoms with Crippen molar-refractivity contribution < 1.29 is 19.4 Å². The normalized spacial score (nSPS) is 30.2. The van der Waals surface area contributed by atoms with E-state index in [0.29, 0.717) is 36.9 Å². The third-order valence-electron chi connectivity index (χ3n) is 5.04. The zero-order chi connectivity index (χ0) is 15.8. The molecular weight excluding hydrogens is 280 g/mol. The fourth-order valence-corrected chi connectivity index (χ4v) is 3.95. The molecule has 0 spiro atoms. The average molecular weight is 308 g/mol. The molecule has 0 amide bonds. The summed E-state index contributed by atoms with van der Waals surface area (Å²) in [6.45, 7) is 0. The Bertz CT molecular complexity index is 391. The summed E-state index contributed by atoms with van der Waals surface area (Å²) in [6.07, 6.45) is 15.4. The minimum absolute atomic E-state index is 0.251. The summed E-state index contributed by atoms with van der Waals surface area (Å²) < 4.78 is 6.08. The van der Waals surface area contributed by atoms with Crippen LogP contribution in [0.4, 0.5) is 0 Å². The summed E-state index contributed by atoms with van der Waals surface area (Å²) >= 11 is 0. The summed E-state index contributed by atoms with van der Waals surface area (Å²) in [5.74, 6) is 0.546. The Balaban J connectivity index is 1.71. The molecule has 0 saturated carbocycles. The van der Waals surface area contributed by atoms with Gasteiger partial charge in [-0.3, -0.25) is 4.79 Å². The van der Waals surface area contributed by atoms with E-state index in [1.54, 1.807) is 0 Å². The molecule has 124 valence electrons. The Kier molecular flexibility index (Phi) is 7.10. The van der Waals surface area contributed by atoms with Crippen molar-refractivity contribution in [2.45, 2.75) is 76.4 Å². The van der Waals surface area contributed by atoms with Crippen LogP contribution in [0.2, 0.25) is 0 Å². The number of unbranched alkanes of at least 4 members (excludes halogenated alkanes) is 3. The maximum atomic E-state index is 10.5. The highest BCUT2D eigenvalue weighted by Gasteiger charge is 2.47.